The van der Waals surface area contributed by atoms with Gasteiger partial charge < -0.3 is 15.5 Å². The fraction of sp³-hybridized carbons (Fsp3) is 0.962. The lowest BCUT2D eigenvalue weighted by Crippen LogP contribution is -2.58. The van der Waals surface area contributed by atoms with Crippen molar-refractivity contribution in [3.8, 4) is 0 Å². The number of fused-ring (bicyclic) bond motifs is 5. The monoisotopic (exact) mass is 499 g/mol. The van der Waals surface area contributed by atoms with Gasteiger partial charge in [-0.1, -0.05) is 20.8 Å². The minimum Gasteiger partial charge on any atom is -0.393 e. The molecule has 0 aromatic heterocycles. The summed E-state index contributed by atoms with van der Waals surface area (Å²) in [6.45, 7) is 6.86. The van der Waals surface area contributed by atoms with E-state index in [0.29, 0.717) is 48.3 Å². The van der Waals surface area contributed by atoms with Gasteiger partial charge in [-0.2, -0.15) is 8.42 Å². The number of nitrogens with one attached hydrogen (secondary N) is 1. The fourth-order valence-electron chi connectivity index (χ4n) is 9.13. The predicted octanol–water partition coefficient (Wildman–Crippen LogP) is 3.40. The molecule has 0 aromatic carbocycles. The maximum atomic E-state index is 12.2. The highest BCUT2D eigenvalue weighted by molar-refractivity contribution is 7.85. The summed E-state index contributed by atoms with van der Waals surface area (Å²) in [5, 5.41) is 24.5. The van der Waals surface area contributed by atoms with Crippen molar-refractivity contribution >= 4 is 16.0 Å². The third kappa shape index (κ3) is 4.81. The normalized spacial score (nSPS) is 45.1. The second-order valence-corrected chi connectivity index (χ2v) is 14.1. The number of aliphatic hydroxyl groups is 2. The maximum Gasteiger partial charge on any atom is 0.266 e. The van der Waals surface area contributed by atoms with Crippen LogP contribution in [0.25, 0.3) is 0 Å². The van der Waals surface area contributed by atoms with E-state index in [1.165, 1.54) is 12.8 Å². The van der Waals surface area contributed by atoms with Crippen molar-refractivity contribution in [2.45, 2.75) is 97.2 Å². The number of rotatable bonds is 7. The van der Waals surface area contributed by atoms with E-state index in [1.807, 2.05) is 0 Å². The number of hydrogen-bond donors (Lipinski definition) is 4. The Labute approximate surface area is 205 Å². The zero-order valence-corrected chi connectivity index (χ0v) is 21.9. The van der Waals surface area contributed by atoms with Gasteiger partial charge in [0.15, 0.2) is 0 Å². The molecule has 34 heavy (non-hydrogen) atoms. The van der Waals surface area contributed by atoms with Gasteiger partial charge in [-0.15, -0.1) is 0 Å². The Bertz CT molecular complexity index is 863. The molecular weight excluding hydrogens is 454 g/mol. The van der Waals surface area contributed by atoms with Crippen molar-refractivity contribution in [1.29, 1.82) is 0 Å². The first kappa shape index (κ1) is 26.4. The van der Waals surface area contributed by atoms with Crippen LogP contribution < -0.4 is 5.32 Å². The number of carbonyl (C=O) groups excluding carboxylic acids is 1. The zero-order chi connectivity index (χ0) is 24.9. The molecule has 0 saturated heterocycles. The Morgan fingerprint density at radius 3 is 2.50 bits per heavy atom. The lowest BCUT2D eigenvalue weighted by Gasteiger charge is -2.62. The summed E-state index contributed by atoms with van der Waals surface area (Å²) in [7, 11) is -4.07. The summed E-state index contributed by atoms with van der Waals surface area (Å²) in [6, 6.07) is 0. The van der Waals surface area contributed by atoms with Gasteiger partial charge >= 0.3 is 0 Å². The van der Waals surface area contributed by atoms with Crippen LogP contribution in [0.5, 0.6) is 0 Å². The molecule has 0 spiro atoms. The molecule has 0 radical (unpaired) electrons. The molecule has 4 fully saturated rings. The number of carbonyl (C=O) groups is 1. The third-order valence-corrected chi connectivity index (χ3v) is 11.7. The molecular formula is C26H45NO6S. The minimum atomic E-state index is -4.07. The summed E-state index contributed by atoms with van der Waals surface area (Å²) in [5.74, 6) is 2.28. The van der Waals surface area contributed by atoms with Crippen LogP contribution in [-0.2, 0) is 14.9 Å². The van der Waals surface area contributed by atoms with Gasteiger partial charge in [-0.05, 0) is 104 Å². The quantitative estimate of drug-likeness (QED) is 0.398. The molecule has 196 valence electrons. The molecule has 4 rings (SSSR count). The van der Waals surface area contributed by atoms with E-state index in [4.69, 9.17) is 4.55 Å². The summed E-state index contributed by atoms with van der Waals surface area (Å²) in [6.07, 6.45) is 8.93. The first-order valence-electron chi connectivity index (χ1n) is 13.4. The van der Waals surface area contributed by atoms with Crippen LogP contribution >= 0.6 is 0 Å². The Morgan fingerprint density at radius 1 is 1.06 bits per heavy atom. The Morgan fingerprint density at radius 2 is 1.79 bits per heavy atom. The third-order valence-electron chi connectivity index (χ3n) is 11.0. The van der Waals surface area contributed by atoms with E-state index in [1.54, 1.807) is 0 Å². The van der Waals surface area contributed by atoms with Crippen molar-refractivity contribution in [2.24, 2.45) is 46.3 Å². The molecule has 1 amide bonds. The average Bonchev–Trinajstić information content (AvgIpc) is 3.11. The topological polar surface area (TPSA) is 124 Å². The van der Waals surface area contributed by atoms with Crippen molar-refractivity contribution in [2.75, 3.05) is 12.3 Å². The minimum absolute atomic E-state index is 0.0756. The molecule has 0 aliphatic heterocycles. The van der Waals surface area contributed by atoms with Crippen LogP contribution in [0.3, 0.4) is 0 Å². The van der Waals surface area contributed by atoms with Crippen molar-refractivity contribution < 1.29 is 28.0 Å². The number of amides is 1. The molecule has 0 unspecified atom stereocenters. The molecule has 4 aliphatic rings. The van der Waals surface area contributed by atoms with E-state index >= 15 is 0 Å². The molecule has 0 aromatic rings. The Kier molecular flexibility index (Phi) is 7.47. The van der Waals surface area contributed by atoms with Gasteiger partial charge in [0, 0.05) is 13.0 Å². The standard InChI is InChI=1S/C26H45NO6S/c1-16(4-9-24(30)27-12-13-34(31,32)33)20-7-8-21-19-6-5-17-14-18(28)10-11-25(17,2)22(19)15-23(29)26(20,21)3/h16-23,28-29H,4-15H2,1-3H3,(H,27,30)(H,31,32,33)/t16-,17-,18-,19+,20-,21-,22+,23+,25+,26-/m1/s1. The lowest BCUT2D eigenvalue weighted by molar-refractivity contribution is -0.174. The zero-order valence-electron chi connectivity index (χ0n) is 21.1. The van der Waals surface area contributed by atoms with E-state index < -0.39 is 15.9 Å². The number of aliphatic hydroxyl groups excluding tert-OH is 2. The van der Waals surface area contributed by atoms with Crippen LogP contribution in [0, 0.1) is 46.3 Å². The molecule has 8 heteroatoms. The van der Waals surface area contributed by atoms with Crippen molar-refractivity contribution in [1.82, 2.24) is 5.32 Å². The van der Waals surface area contributed by atoms with Crippen LogP contribution in [0.15, 0.2) is 0 Å². The van der Waals surface area contributed by atoms with Crippen LogP contribution in [-0.4, -0.2) is 53.6 Å². The summed E-state index contributed by atoms with van der Waals surface area (Å²) in [4.78, 5) is 12.2. The maximum absolute atomic E-state index is 12.2. The summed E-state index contributed by atoms with van der Waals surface area (Å²) < 4.78 is 30.5. The molecule has 4 saturated carbocycles. The van der Waals surface area contributed by atoms with Crippen LogP contribution in [0.1, 0.15) is 85.0 Å². The second kappa shape index (κ2) is 9.64. The smallest absolute Gasteiger partial charge is 0.266 e. The van der Waals surface area contributed by atoms with Crippen LogP contribution in [0.4, 0.5) is 0 Å². The summed E-state index contributed by atoms with van der Waals surface area (Å²) in [5.41, 5.74) is 0.105. The van der Waals surface area contributed by atoms with Gasteiger partial charge in [-0.25, -0.2) is 0 Å². The fourth-order valence-corrected chi connectivity index (χ4v) is 9.49. The average molecular weight is 500 g/mol. The summed E-state index contributed by atoms with van der Waals surface area (Å²) >= 11 is 0. The Balaban J connectivity index is 1.40. The van der Waals surface area contributed by atoms with Gasteiger partial charge in [0.1, 0.15) is 0 Å². The van der Waals surface area contributed by atoms with Crippen molar-refractivity contribution in [3.63, 3.8) is 0 Å². The molecule has 0 bridgehead atoms. The van der Waals surface area contributed by atoms with E-state index in [0.717, 1.165) is 38.5 Å². The van der Waals surface area contributed by atoms with E-state index in [-0.39, 0.29) is 35.5 Å². The van der Waals surface area contributed by atoms with Gasteiger partial charge in [0.2, 0.25) is 5.91 Å². The van der Waals surface area contributed by atoms with Gasteiger partial charge in [-0.3, -0.25) is 9.35 Å². The van der Waals surface area contributed by atoms with E-state index in [9.17, 15) is 23.4 Å². The van der Waals surface area contributed by atoms with E-state index in [2.05, 4.69) is 26.1 Å². The highest BCUT2D eigenvalue weighted by Gasteiger charge is 2.63. The van der Waals surface area contributed by atoms with Gasteiger partial charge in [0.05, 0.1) is 18.0 Å². The largest absolute Gasteiger partial charge is 0.393 e. The second-order valence-electron chi connectivity index (χ2n) is 12.5. The Hall–Kier alpha value is -0.700. The molecule has 7 nitrogen and oxygen atoms in total. The highest BCUT2D eigenvalue weighted by atomic mass is 32.2. The lowest BCUT2D eigenvalue weighted by atomic mass is 9.43. The SMILES string of the molecule is C[C@H](CCC(=O)NCCS(=O)(=O)O)[C@H]1CC[C@@H]2[C@@H]3CC[C@@H]4C[C@H](O)CC[C@]4(C)[C@H]3C[C@H](O)[C@@]21C. The highest BCUT2D eigenvalue weighted by Crippen LogP contribution is 2.68. The van der Waals surface area contributed by atoms with Crippen molar-refractivity contribution in [3.05, 3.63) is 0 Å². The predicted molar refractivity (Wildman–Crippen MR) is 130 cm³/mol. The molecule has 4 N–H and O–H groups in total. The first-order valence-corrected chi connectivity index (χ1v) is 15.0. The van der Waals surface area contributed by atoms with Gasteiger partial charge in [0.25, 0.3) is 10.1 Å². The van der Waals surface area contributed by atoms with Crippen LogP contribution in [0.2, 0.25) is 0 Å². The molecule has 4 aliphatic carbocycles. The molecule has 10 atom stereocenters. The first-order chi connectivity index (χ1) is 15.9. The molecule has 0 heterocycles. The number of hydrogen-bond acceptors (Lipinski definition) is 5.